The van der Waals surface area contributed by atoms with E-state index in [0.717, 1.165) is 53.5 Å². The summed E-state index contributed by atoms with van der Waals surface area (Å²) in [5.41, 5.74) is 4.13. The lowest BCUT2D eigenvalue weighted by Gasteiger charge is -2.31. The second-order valence-electron chi connectivity index (χ2n) is 20.4. The Hall–Kier alpha value is -3.02. The molecule has 56 heavy (non-hydrogen) atoms. The molecule has 2 rings (SSSR count). The standard InChI is InChI=1S/C27H46O3.C23H38O3/c1-8-9-10-11-12-13-14-15-16-17-18-20-21(25(29)30)19-22(26(2,3)4)24(28)23(20)27(5,6)7;1-8-9-10-11-12-13-14-16-17(21(25)26)15-18(22(2,3)4)20(24)19(16)23(5,6)7/h19,28H,8-18H2,1-7H3,(H,29,30);15,24H,8-14H2,1-7H3,(H,25,26). The van der Waals surface area contributed by atoms with Gasteiger partial charge in [-0.25, -0.2) is 9.59 Å². The van der Waals surface area contributed by atoms with E-state index in [1.807, 2.05) is 62.3 Å². The number of hydrogen-bond donors (Lipinski definition) is 4. The highest BCUT2D eigenvalue weighted by Gasteiger charge is 2.33. The van der Waals surface area contributed by atoms with E-state index in [2.05, 4.69) is 34.6 Å². The van der Waals surface area contributed by atoms with Crippen LogP contribution in [0, 0.1) is 0 Å². The fourth-order valence-corrected chi connectivity index (χ4v) is 7.96. The quantitative estimate of drug-likeness (QED) is 0.0995. The summed E-state index contributed by atoms with van der Waals surface area (Å²) in [5, 5.41) is 41.9. The zero-order valence-electron chi connectivity index (χ0n) is 38.5. The van der Waals surface area contributed by atoms with Crippen LogP contribution in [-0.4, -0.2) is 32.4 Å². The smallest absolute Gasteiger partial charge is 0.335 e. The largest absolute Gasteiger partial charge is 0.507 e. The first-order chi connectivity index (χ1) is 25.8. The van der Waals surface area contributed by atoms with Gasteiger partial charge in [-0.15, -0.1) is 0 Å². The summed E-state index contributed by atoms with van der Waals surface area (Å²) in [6, 6.07) is 3.40. The van der Waals surface area contributed by atoms with Gasteiger partial charge in [-0.1, -0.05) is 187 Å². The fourth-order valence-electron chi connectivity index (χ4n) is 7.96. The molecule has 0 aromatic heterocycles. The predicted molar refractivity (Wildman–Crippen MR) is 238 cm³/mol. The molecule has 6 nitrogen and oxygen atoms in total. The molecule has 0 heterocycles. The van der Waals surface area contributed by atoms with Crippen LogP contribution in [0.5, 0.6) is 11.5 Å². The number of aromatic carboxylic acids is 2. The molecule has 0 saturated heterocycles. The molecule has 0 radical (unpaired) electrons. The van der Waals surface area contributed by atoms with Crippen LogP contribution in [-0.2, 0) is 34.5 Å². The van der Waals surface area contributed by atoms with Crippen LogP contribution >= 0.6 is 0 Å². The molecule has 0 atom stereocenters. The minimum atomic E-state index is -0.901. The number of carboxylic acids is 2. The minimum Gasteiger partial charge on any atom is -0.507 e. The second kappa shape index (κ2) is 22.8. The minimum absolute atomic E-state index is 0.274. The highest BCUT2D eigenvalue weighted by atomic mass is 16.4. The number of phenolic OH excluding ortho intramolecular Hbond substituents is 2. The number of aromatic hydroxyl groups is 2. The van der Waals surface area contributed by atoms with Gasteiger partial charge in [0.15, 0.2) is 0 Å². The van der Waals surface area contributed by atoms with E-state index in [1.54, 1.807) is 12.1 Å². The number of benzene rings is 2. The Morgan fingerprint density at radius 1 is 0.429 bits per heavy atom. The maximum absolute atomic E-state index is 12.1. The van der Waals surface area contributed by atoms with E-state index in [4.69, 9.17) is 0 Å². The maximum atomic E-state index is 12.1. The Morgan fingerprint density at radius 3 is 0.893 bits per heavy atom. The average Bonchev–Trinajstić information content (AvgIpc) is 3.04. The summed E-state index contributed by atoms with van der Waals surface area (Å²) in [6.07, 6.45) is 20.9. The van der Waals surface area contributed by atoms with Gasteiger partial charge in [0, 0.05) is 22.3 Å². The van der Waals surface area contributed by atoms with E-state index in [1.165, 1.54) is 77.0 Å². The van der Waals surface area contributed by atoms with Crippen molar-refractivity contribution in [1.29, 1.82) is 0 Å². The molecule has 320 valence electrons. The van der Waals surface area contributed by atoms with Crippen molar-refractivity contribution >= 4 is 11.9 Å². The van der Waals surface area contributed by atoms with Gasteiger partial charge in [-0.2, -0.15) is 0 Å². The van der Waals surface area contributed by atoms with Gasteiger partial charge in [0.2, 0.25) is 0 Å². The van der Waals surface area contributed by atoms with Crippen LogP contribution in [0.25, 0.3) is 0 Å². The first-order valence-corrected chi connectivity index (χ1v) is 22.1. The van der Waals surface area contributed by atoms with Crippen LogP contribution in [0.4, 0.5) is 0 Å². The van der Waals surface area contributed by atoms with Gasteiger partial charge >= 0.3 is 11.9 Å². The molecular weight excluding hydrogens is 697 g/mol. The Labute approximate surface area is 343 Å². The van der Waals surface area contributed by atoms with Crippen molar-refractivity contribution in [2.24, 2.45) is 0 Å². The van der Waals surface area contributed by atoms with Crippen LogP contribution < -0.4 is 0 Å². The number of carboxylic acid groups (broad SMARTS) is 2. The van der Waals surface area contributed by atoms with Gasteiger partial charge in [0.05, 0.1) is 11.1 Å². The predicted octanol–water partition coefficient (Wildman–Crippen LogP) is 14.7. The van der Waals surface area contributed by atoms with Gasteiger partial charge in [-0.05, 0) is 70.6 Å². The highest BCUT2D eigenvalue weighted by Crippen LogP contribution is 2.44. The summed E-state index contributed by atoms with van der Waals surface area (Å²) >= 11 is 0. The zero-order chi connectivity index (χ0) is 43.1. The van der Waals surface area contributed by atoms with E-state index >= 15 is 0 Å². The van der Waals surface area contributed by atoms with Crippen molar-refractivity contribution in [1.82, 2.24) is 0 Å². The maximum Gasteiger partial charge on any atom is 0.335 e. The molecule has 4 N–H and O–H groups in total. The van der Waals surface area contributed by atoms with Crippen LogP contribution in [0.3, 0.4) is 0 Å². The van der Waals surface area contributed by atoms with Crippen LogP contribution in [0.15, 0.2) is 12.1 Å². The van der Waals surface area contributed by atoms with E-state index in [-0.39, 0.29) is 33.2 Å². The average molecular weight is 781 g/mol. The summed E-state index contributed by atoms with van der Waals surface area (Å²) in [5.74, 6) is -1.24. The van der Waals surface area contributed by atoms with Crippen molar-refractivity contribution in [3.05, 3.63) is 56.6 Å². The molecule has 0 spiro atoms. The normalized spacial score (nSPS) is 12.4. The lowest BCUT2D eigenvalue weighted by molar-refractivity contribution is 0.0684. The van der Waals surface area contributed by atoms with Gasteiger partial charge in [0.25, 0.3) is 0 Å². The number of carbonyl (C=O) groups is 2. The van der Waals surface area contributed by atoms with Crippen molar-refractivity contribution in [2.45, 2.75) is 234 Å². The molecule has 0 aliphatic carbocycles. The molecule has 0 fully saturated rings. The molecule has 2 aromatic carbocycles. The van der Waals surface area contributed by atoms with E-state index in [0.29, 0.717) is 29.5 Å². The van der Waals surface area contributed by atoms with Gasteiger partial charge in [0.1, 0.15) is 11.5 Å². The SMILES string of the molecule is CCCCCCCCCCCCc1c(C(=O)O)cc(C(C)(C)C)c(O)c1C(C)(C)C.CCCCCCCCc1c(C(=O)O)cc(C(C)(C)C)c(O)c1C(C)(C)C. The summed E-state index contributed by atoms with van der Waals surface area (Å²) < 4.78 is 0. The van der Waals surface area contributed by atoms with Crippen molar-refractivity contribution < 1.29 is 30.0 Å². The first-order valence-electron chi connectivity index (χ1n) is 22.1. The highest BCUT2D eigenvalue weighted by molar-refractivity contribution is 5.92. The summed E-state index contributed by atoms with van der Waals surface area (Å²) in [4.78, 5) is 24.1. The van der Waals surface area contributed by atoms with E-state index < -0.39 is 11.9 Å². The lowest BCUT2D eigenvalue weighted by Crippen LogP contribution is -2.22. The third-order valence-electron chi connectivity index (χ3n) is 11.0. The molecule has 2 aromatic rings. The zero-order valence-corrected chi connectivity index (χ0v) is 38.5. The Kier molecular flexibility index (Phi) is 20.8. The number of phenols is 2. The molecule has 0 saturated carbocycles. The van der Waals surface area contributed by atoms with Gasteiger partial charge < -0.3 is 20.4 Å². The van der Waals surface area contributed by atoms with Crippen molar-refractivity contribution in [2.75, 3.05) is 0 Å². The monoisotopic (exact) mass is 781 g/mol. The third-order valence-corrected chi connectivity index (χ3v) is 11.0. The number of rotatable bonds is 20. The van der Waals surface area contributed by atoms with Crippen LogP contribution in [0.1, 0.15) is 254 Å². The Balaban J connectivity index is 0.000000566. The Morgan fingerprint density at radius 2 is 0.679 bits per heavy atom. The van der Waals surface area contributed by atoms with Crippen molar-refractivity contribution in [3.8, 4) is 11.5 Å². The number of hydrogen-bond acceptors (Lipinski definition) is 4. The summed E-state index contributed by atoms with van der Waals surface area (Å²) in [7, 11) is 0. The first kappa shape index (κ1) is 51.0. The molecule has 0 amide bonds. The van der Waals surface area contributed by atoms with Crippen molar-refractivity contribution in [3.63, 3.8) is 0 Å². The number of unbranched alkanes of at least 4 members (excludes halogenated alkanes) is 14. The lowest BCUT2D eigenvalue weighted by atomic mass is 9.74. The second-order valence-corrected chi connectivity index (χ2v) is 20.4. The molecule has 0 unspecified atom stereocenters. The molecule has 0 aliphatic heterocycles. The Bertz CT molecular complexity index is 1520. The molecular formula is C50H84O6. The topological polar surface area (TPSA) is 115 Å². The summed E-state index contributed by atoms with van der Waals surface area (Å²) in [6.45, 7) is 28.8. The molecule has 0 aliphatic rings. The van der Waals surface area contributed by atoms with Crippen LogP contribution in [0.2, 0.25) is 0 Å². The molecule has 6 heteroatoms. The fraction of sp³-hybridized carbons (Fsp3) is 0.720. The third kappa shape index (κ3) is 16.1. The van der Waals surface area contributed by atoms with E-state index in [9.17, 15) is 30.0 Å². The van der Waals surface area contributed by atoms with Gasteiger partial charge in [-0.3, -0.25) is 0 Å². The molecule has 0 bridgehead atoms.